The zero-order chi connectivity index (χ0) is 28.7. The molecule has 1 atom stereocenters. The molecule has 0 radical (unpaired) electrons. The molecule has 0 rings (SSSR count). The van der Waals surface area contributed by atoms with Crippen molar-refractivity contribution in [2.45, 2.75) is 116 Å². The second-order valence-electron chi connectivity index (χ2n) is 9.45. The highest BCUT2D eigenvalue weighted by Crippen LogP contribution is 2.08. The minimum absolute atomic E-state index is 0.100. The van der Waals surface area contributed by atoms with Gasteiger partial charge in [-0.2, -0.15) is 0 Å². The highest BCUT2D eigenvalue weighted by atomic mass is 16.6. The third-order valence-electron chi connectivity index (χ3n) is 5.78. The molecule has 5 nitrogen and oxygen atoms in total. The van der Waals surface area contributed by atoms with Gasteiger partial charge in [-0.15, -0.1) is 0 Å². The first-order valence-corrected chi connectivity index (χ1v) is 15.0. The van der Waals surface area contributed by atoms with Crippen LogP contribution < -0.4 is 0 Å². The average Bonchev–Trinajstić information content (AvgIpc) is 2.94. The first-order valence-electron chi connectivity index (χ1n) is 15.0. The molecule has 0 aromatic heterocycles. The third kappa shape index (κ3) is 28.2. The van der Waals surface area contributed by atoms with E-state index in [9.17, 15) is 14.7 Å². The first-order chi connectivity index (χ1) is 19.1. The van der Waals surface area contributed by atoms with Gasteiger partial charge in [-0.25, -0.2) is 0 Å². The maximum Gasteiger partial charge on any atom is 0.306 e. The Balaban J connectivity index is 3.80. The van der Waals surface area contributed by atoms with Gasteiger partial charge in [-0.3, -0.25) is 9.59 Å². The quantitative estimate of drug-likeness (QED) is 0.0710. The smallest absolute Gasteiger partial charge is 0.306 e. The number of carbonyl (C=O) groups is 2. The maximum absolute atomic E-state index is 12.0. The Morgan fingerprint density at radius 2 is 1.10 bits per heavy atom. The van der Waals surface area contributed by atoms with Gasteiger partial charge in [0, 0.05) is 12.8 Å². The van der Waals surface area contributed by atoms with Crippen LogP contribution in [0.15, 0.2) is 72.9 Å². The highest BCUT2D eigenvalue weighted by molar-refractivity contribution is 5.70. The number of allylic oxidation sites excluding steroid dienone is 12. The van der Waals surface area contributed by atoms with Crippen LogP contribution in [0.4, 0.5) is 0 Å². The molecule has 0 aliphatic carbocycles. The van der Waals surface area contributed by atoms with Crippen molar-refractivity contribution in [1.29, 1.82) is 0 Å². The lowest BCUT2D eigenvalue weighted by Gasteiger charge is -2.15. The van der Waals surface area contributed by atoms with E-state index in [0.29, 0.717) is 12.8 Å². The summed E-state index contributed by atoms with van der Waals surface area (Å²) in [5.74, 6) is -0.710. The fourth-order valence-electron chi connectivity index (χ4n) is 3.52. The van der Waals surface area contributed by atoms with Crippen molar-refractivity contribution in [2.24, 2.45) is 0 Å². The lowest BCUT2D eigenvalue weighted by molar-refractivity contribution is -0.161. The molecule has 0 aliphatic heterocycles. The summed E-state index contributed by atoms with van der Waals surface area (Å²) in [6, 6.07) is 0. The van der Waals surface area contributed by atoms with Crippen molar-refractivity contribution in [3.8, 4) is 0 Å². The van der Waals surface area contributed by atoms with Crippen LogP contribution in [-0.4, -0.2) is 36.4 Å². The highest BCUT2D eigenvalue weighted by Gasteiger charge is 2.15. The molecule has 0 aliphatic rings. The van der Waals surface area contributed by atoms with E-state index in [1.165, 1.54) is 19.3 Å². The Labute approximate surface area is 238 Å². The normalized spacial score (nSPS) is 13.2. The zero-order valence-electron chi connectivity index (χ0n) is 24.6. The van der Waals surface area contributed by atoms with E-state index in [4.69, 9.17) is 9.47 Å². The number of hydrogen-bond donors (Lipinski definition) is 1. The molecule has 0 amide bonds. The van der Waals surface area contributed by atoms with E-state index in [2.05, 4.69) is 74.6 Å². The van der Waals surface area contributed by atoms with Crippen LogP contribution in [0.2, 0.25) is 0 Å². The lowest BCUT2D eigenvalue weighted by atomic mass is 10.1. The van der Waals surface area contributed by atoms with Crippen LogP contribution in [-0.2, 0) is 19.1 Å². The van der Waals surface area contributed by atoms with E-state index in [1.54, 1.807) is 0 Å². The van der Waals surface area contributed by atoms with Crippen LogP contribution in [0, 0.1) is 0 Å². The van der Waals surface area contributed by atoms with Crippen LogP contribution in [0.1, 0.15) is 110 Å². The van der Waals surface area contributed by atoms with Gasteiger partial charge in [0.2, 0.25) is 0 Å². The Kier molecular flexibility index (Phi) is 27.9. The number of hydrogen-bond acceptors (Lipinski definition) is 5. The zero-order valence-corrected chi connectivity index (χ0v) is 24.6. The van der Waals surface area contributed by atoms with Crippen molar-refractivity contribution in [1.82, 2.24) is 0 Å². The van der Waals surface area contributed by atoms with Gasteiger partial charge in [0.1, 0.15) is 6.61 Å². The number of aliphatic hydroxyl groups excluding tert-OH is 1. The minimum atomic E-state index is -0.809. The standard InChI is InChI=1S/C34H54O5/c1-3-5-7-9-11-12-13-14-15-16-17-18-19-20-21-22-23-25-27-29-34(37)39-32(30-35)31-38-33(36)28-26-24-10-8-6-4-2/h5,7,11-12,14-15,17-18,20-21,23,25,32,35H,3-4,6,8-10,13,16,19,22,24,26-31H2,1-2H3/b7-5-,12-11-,15-14-,18-17-,21-20-,25-23-. The summed E-state index contributed by atoms with van der Waals surface area (Å²) in [6.07, 6.45) is 38.4. The fourth-order valence-corrected chi connectivity index (χ4v) is 3.52. The summed E-state index contributed by atoms with van der Waals surface area (Å²) < 4.78 is 10.4. The Bertz CT molecular complexity index is 758. The SMILES string of the molecule is CC/C=C\C/C=C\C/C=C\C/C=C\C/C=C\C/C=C\CCC(=O)OC(CO)COC(=O)CCCCCCCC. The molecule has 0 saturated carbocycles. The average molecular weight is 543 g/mol. The molecule has 220 valence electrons. The number of rotatable bonds is 25. The molecule has 0 aromatic carbocycles. The Hall–Kier alpha value is -2.66. The van der Waals surface area contributed by atoms with Crippen molar-refractivity contribution in [2.75, 3.05) is 13.2 Å². The van der Waals surface area contributed by atoms with Crippen molar-refractivity contribution >= 4 is 11.9 Å². The van der Waals surface area contributed by atoms with Crippen LogP contribution >= 0.6 is 0 Å². The van der Waals surface area contributed by atoms with E-state index < -0.39 is 12.1 Å². The van der Waals surface area contributed by atoms with E-state index in [0.717, 1.165) is 57.8 Å². The van der Waals surface area contributed by atoms with Crippen molar-refractivity contribution in [3.05, 3.63) is 72.9 Å². The molecule has 0 spiro atoms. The Morgan fingerprint density at radius 1 is 0.615 bits per heavy atom. The number of esters is 2. The lowest BCUT2D eigenvalue weighted by Crippen LogP contribution is -2.28. The fraction of sp³-hybridized carbons (Fsp3) is 0.588. The van der Waals surface area contributed by atoms with Gasteiger partial charge in [0.25, 0.3) is 0 Å². The molecule has 39 heavy (non-hydrogen) atoms. The summed E-state index contributed by atoms with van der Waals surface area (Å²) in [6.45, 7) is 3.85. The van der Waals surface area contributed by atoms with Crippen molar-refractivity contribution in [3.63, 3.8) is 0 Å². The number of unbranched alkanes of at least 4 members (excludes halogenated alkanes) is 5. The van der Waals surface area contributed by atoms with Crippen LogP contribution in [0.3, 0.4) is 0 Å². The molecule has 1 unspecified atom stereocenters. The summed E-state index contributed by atoms with van der Waals surface area (Å²) >= 11 is 0. The number of carbonyl (C=O) groups excluding carboxylic acids is 2. The molecule has 0 aromatic rings. The predicted octanol–water partition coefficient (Wildman–Crippen LogP) is 8.66. The van der Waals surface area contributed by atoms with E-state index in [-0.39, 0.29) is 25.6 Å². The molecule has 0 bridgehead atoms. The van der Waals surface area contributed by atoms with Gasteiger partial charge >= 0.3 is 11.9 Å². The summed E-state index contributed by atoms with van der Waals surface area (Å²) in [5, 5.41) is 9.42. The van der Waals surface area contributed by atoms with Crippen molar-refractivity contribution < 1.29 is 24.2 Å². The molecule has 0 fully saturated rings. The molecular formula is C34H54O5. The summed E-state index contributed by atoms with van der Waals surface area (Å²) in [4.78, 5) is 23.8. The summed E-state index contributed by atoms with van der Waals surface area (Å²) in [7, 11) is 0. The van der Waals surface area contributed by atoms with Gasteiger partial charge < -0.3 is 14.6 Å². The monoisotopic (exact) mass is 542 g/mol. The minimum Gasteiger partial charge on any atom is -0.462 e. The van der Waals surface area contributed by atoms with Gasteiger partial charge in [0.15, 0.2) is 6.10 Å². The molecule has 0 saturated heterocycles. The van der Waals surface area contributed by atoms with Crippen LogP contribution in [0.5, 0.6) is 0 Å². The van der Waals surface area contributed by atoms with Gasteiger partial charge in [-0.1, -0.05) is 119 Å². The van der Waals surface area contributed by atoms with Crippen LogP contribution in [0.25, 0.3) is 0 Å². The summed E-state index contributed by atoms with van der Waals surface area (Å²) in [5.41, 5.74) is 0. The van der Waals surface area contributed by atoms with Gasteiger partial charge in [0.05, 0.1) is 6.61 Å². The first kappa shape index (κ1) is 36.3. The number of ether oxygens (including phenoxy) is 2. The largest absolute Gasteiger partial charge is 0.462 e. The van der Waals surface area contributed by atoms with E-state index >= 15 is 0 Å². The Morgan fingerprint density at radius 3 is 1.62 bits per heavy atom. The van der Waals surface area contributed by atoms with E-state index in [1.807, 2.05) is 12.2 Å². The maximum atomic E-state index is 12.0. The molecule has 1 N–H and O–H groups in total. The molecular weight excluding hydrogens is 488 g/mol. The third-order valence-corrected chi connectivity index (χ3v) is 5.78. The molecule has 5 heteroatoms. The predicted molar refractivity (Wildman–Crippen MR) is 163 cm³/mol. The molecule has 0 heterocycles. The van der Waals surface area contributed by atoms with Gasteiger partial charge in [-0.05, 0) is 51.4 Å². The topological polar surface area (TPSA) is 72.8 Å². The second-order valence-corrected chi connectivity index (χ2v) is 9.45. The second kappa shape index (κ2) is 29.9. The number of aliphatic hydroxyl groups is 1.